The predicted octanol–water partition coefficient (Wildman–Crippen LogP) is 6.22. The molecule has 1 aliphatic heterocycles. The Kier molecular flexibility index (Phi) is 5.48. The van der Waals surface area contributed by atoms with E-state index in [9.17, 15) is 0 Å². The second-order valence-electron chi connectivity index (χ2n) is 9.80. The number of benzene rings is 1. The van der Waals surface area contributed by atoms with Gasteiger partial charge in [0.2, 0.25) is 0 Å². The highest BCUT2D eigenvalue weighted by Gasteiger charge is 2.16. The van der Waals surface area contributed by atoms with Crippen LogP contribution in [-0.2, 0) is 6.54 Å². The summed E-state index contributed by atoms with van der Waals surface area (Å²) in [6.07, 6.45) is 13.4. The van der Waals surface area contributed by atoms with Crippen LogP contribution in [0.3, 0.4) is 0 Å². The second-order valence-corrected chi connectivity index (χ2v) is 9.80. The first kappa shape index (κ1) is 21.9. The number of H-pyrrole nitrogens is 2. The summed E-state index contributed by atoms with van der Waals surface area (Å²) in [5, 5.41) is 9.98. The molecule has 37 heavy (non-hydrogen) atoms. The molecule has 0 bridgehead atoms. The Bertz CT molecular complexity index is 1690. The number of aromatic nitrogens is 6. The van der Waals surface area contributed by atoms with Crippen molar-refractivity contribution >= 4 is 21.9 Å². The molecule has 6 aromatic rings. The van der Waals surface area contributed by atoms with E-state index in [0.29, 0.717) is 0 Å². The van der Waals surface area contributed by atoms with Crippen molar-refractivity contribution in [2.75, 3.05) is 13.1 Å². The van der Waals surface area contributed by atoms with Gasteiger partial charge < -0.3 is 4.98 Å². The first-order chi connectivity index (χ1) is 18.3. The fourth-order valence-corrected chi connectivity index (χ4v) is 5.43. The molecule has 0 aliphatic carbocycles. The summed E-state index contributed by atoms with van der Waals surface area (Å²) in [5.41, 5.74) is 9.31. The monoisotopic (exact) mass is 485 g/mol. The van der Waals surface area contributed by atoms with Crippen LogP contribution >= 0.6 is 0 Å². The molecular formula is C30H27N7. The lowest BCUT2D eigenvalue weighted by molar-refractivity contribution is 0.220. The molecule has 0 atom stereocenters. The molecule has 1 saturated heterocycles. The molecule has 0 saturated carbocycles. The van der Waals surface area contributed by atoms with Gasteiger partial charge in [-0.2, -0.15) is 5.10 Å². The molecule has 0 unspecified atom stereocenters. The number of nitrogens with one attached hydrogen (secondary N) is 2. The summed E-state index contributed by atoms with van der Waals surface area (Å²) in [4.78, 5) is 19.4. The Morgan fingerprint density at radius 3 is 2.59 bits per heavy atom. The summed E-state index contributed by atoms with van der Waals surface area (Å²) in [5.74, 6) is 0. The first-order valence-corrected chi connectivity index (χ1v) is 12.9. The van der Waals surface area contributed by atoms with Crippen molar-refractivity contribution in [3.8, 4) is 33.6 Å². The Labute approximate surface area is 214 Å². The zero-order valence-corrected chi connectivity index (χ0v) is 20.5. The zero-order valence-electron chi connectivity index (χ0n) is 20.5. The summed E-state index contributed by atoms with van der Waals surface area (Å²) in [6, 6.07) is 16.9. The molecule has 182 valence electrons. The molecule has 0 radical (unpaired) electrons. The number of nitrogens with zero attached hydrogens (tertiary/aromatic N) is 5. The van der Waals surface area contributed by atoms with Crippen molar-refractivity contribution in [1.29, 1.82) is 0 Å². The highest BCUT2D eigenvalue weighted by atomic mass is 15.1. The van der Waals surface area contributed by atoms with E-state index in [2.05, 4.69) is 71.4 Å². The van der Waals surface area contributed by atoms with Crippen LogP contribution in [0.2, 0.25) is 0 Å². The first-order valence-electron chi connectivity index (χ1n) is 12.9. The van der Waals surface area contributed by atoms with Crippen molar-refractivity contribution < 1.29 is 0 Å². The standard InChI is InChI=1S/C30H27N7/c1-2-11-37(12-3-1)19-20-13-23(18-32-16-20)21-6-7-27-26(14-21)29(36-35-27)28-15-25-24(8-10-33-30(25)34-28)22-5-4-9-31-17-22/h4-10,13-18H,1-3,11-12,19H2,(H,33,34)(H,35,36). The number of hydrogen-bond acceptors (Lipinski definition) is 5. The van der Waals surface area contributed by atoms with E-state index in [4.69, 9.17) is 0 Å². The van der Waals surface area contributed by atoms with E-state index >= 15 is 0 Å². The molecule has 6 heterocycles. The van der Waals surface area contributed by atoms with E-state index in [1.165, 1.54) is 37.9 Å². The third-order valence-electron chi connectivity index (χ3n) is 7.31. The fraction of sp³-hybridized carbons (Fsp3) is 0.200. The lowest BCUT2D eigenvalue weighted by Crippen LogP contribution is -2.29. The second kappa shape index (κ2) is 9.26. The molecular weight excluding hydrogens is 458 g/mol. The average molecular weight is 486 g/mol. The molecule has 5 aromatic heterocycles. The number of piperidine rings is 1. The Morgan fingerprint density at radius 1 is 0.784 bits per heavy atom. The van der Waals surface area contributed by atoms with Crippen LogP contribution in [0, 0.1) is 0 Å². The van der Waals surface area contributed by atoms with E-state index < -0.39 is 0 Å². The van der Waals surface area contributed by atoms with Crippen LogP contribution in [-0.4, -0.2) is 48.1 Å². The average Bonchev–Trinajstić information content (AvgIpc) is 3.58. The fourth-order valence-electron chi connectivity index (χ4n) is 5.43. The summed E-state index contributed by atoms with van der Waals surface area (Å²) in [6.45, 7) is 3.31. The molecule has 1 aliphatic rings. The minimum atomic E-state index is 0.832. The topological polar surface area (TPSA) is 86.4 Å². The number of hydrogen-bond donors (Lipinski definition) is 2. The van der Waals surface area contributed by atoms with Crippen LogP contribution in [0.5, 0.6) is 0 Å². The molecule has 0 amide bonds. The van der Waals surface area contributed by atoms with E-state index in [-0.39, 0.29) is 0 Å². The highest BCUT2D eigenvalue weighted by Crippen LogP contribution is 2.34. The van der Waals surface area contributed by atoms with Gasteiger partial charge in [-0.3, -0.25) is 20.0 Å². The quantitative estimate of drug-likeness (QED) is 0.303. The molecule has 1 aromatic carbocycles. The molecule has 7 rings (SSSR count). The minimum absolute atomic E-state index is 0.832. The molecule has 2 N–H and O–H groups in total. The summed E-state index contributed by atoms with van der Waals surface area (Å²) in [7, 11) is 0. The van der Waals surface area contributed by atoms with Crippen molar-refractivity contribution in [3.05, 3.63) is 85.1 Å². The van der Waals surface area contributed by atoms with Gasteiger partial charge in [0.05, 0.1) is 11.2 Å². The van der Waals surface area contributed by atoms with E-state index in [1.54, 1.807) is 6.20 Å². The number of fused-ring (bicyclic) bond motifs is 2. The van der Waals surface area contributed by atoms with Crippen LogP contribution in [0.4, 0.5) is 0 Å². The van der Waals surface area contributed by atoms with Crippen molar-refractivity contribution in [1.82, 2.24) is 35.0 Å². The van der Waals surface area contributed by atoms with E-state index in [1.807, 2.05) is 36.9 Å². The van der Waals surface area contributed by atoms with Gasteiger partial charge in [-0.25, -0.2) is 4.98 Å². The van der Waals surface area contributed by atoms with Gasteiger partial charge in [-0.1, -0.05) is 18.6 Å². The lowest BCUT2D eigenvalue weighted by atomic mass is 10.0. The van der Waals surface area contributed by atoms with Crippen LogP contribution < -0.4 is 0 Å². The number of aromatic amines is 2. The summed E-state index contributed by atoms with van der Waals surface area (Å²) >= 11 is 0. The molecule has 0 spiro atoms. The Hall–Kier alpha value is -4.36. The smallest absolute Gasteiger partial charge is 0.138 e. The Morgan fingerprint density at radius 2 is 1.70 bits per heavy atom. The van der Waals surface area contributed by atoms with Gasteiger partial charge >= 0.3 is 0 Å². The molecule has 1 fully saturated rings. The number of rotatable bonds is 5. The Balaban J connectivity index is 1.26. The maximum absolute atomic E-state index is 4.67. The van der Waals surface area contributed by atoms with Gasteiger partial charge in [-0.15, -0.1) is 0 Å². The van der Waals surface area contributed by atoms with Crippen molar-refractivity contribution in [2.45, 2.75) is 25.8 Å². The van der Waals surface area contributed by atoms with Gasteiger partial charge in [0.15, 0.2) is 0 Å². The third-order valence-corrected chi connectivity index (χ3v) is 7.31. The largest absolute Gasteiger partial charge is 0.338 e. The number of pyridine rings is 3. The van der Waals surface area contributed by atoms with E-state index in [0.717, 1.165) is 62.1 Å². The van der Waals surface area contributed by atoms with Crippen LogP contribution in [0.15, 0.2) is 79.5 Å². The maximum atomic E-state index is 4.67. The highest BCUT2D eigenvalue weighted by molar-refractivity contribution is 6.00. The minimum Gasteiger partial charge on any atom is -0.338 e. The van der Waals surface area contributed by atoms with Gasteiger partial charge in [0.1, 0.15) is 11.3 Å². The van der Waals surface area contributed by atoms with Gasteiger partial charge in [0.25, 0.3) is 0 Å². The van der Waals surface area contributed by atoms with Crippen molar-refractivity contribution in [3.63, 3.8) is 0 Å². The zero-order chi connectivity index (χ0) is 24.6. The van der Waals surface area contributed by atoms with Crippen molar-refractivity contribution in [2.24, 2.45) is 0 Å². The van der Waals surface area contributed by atoms with Gasteiger partial charge in [0, 0.05) is 59.4 Å². The lowest BCUT2D eigenvalue weighted by Gasteiger charge is -2.26. The predicted molar refractivity (Wildman–Crippen MR) is 147 cm³/mol. The third kappa shape index (κ3) is 4.17. The van der Waals surface area contributed by atoms with Crippen LogP contribution in [0.1, 0.15) is 24.8 Å². The summed E-state index contributed by atoms with van der Waals surface area (Å²) < 4.78 is 0. The molecule has 7 nitrogen and oxygen atoms in total. The normalized spacial score (nSPS) is 14.5. The number of likely N-dealkylation sites (tertiary alicyclic amines) is 1. The molecule has 7 heteroatoms. The van der Waals surface area contributed by atoms with Crippen LogP contribution in [0.25, 0.3) is 55.6 Å². The van der Waals surface area contributed by atoms with Gasteiger partial charge in [-0.05, 0) is 79.0 Å². The maximum Gasteiger partial charge on any atom is 0.138 e. The SMILES string of the molecule is c1cncc(-c2ccnc3[nH]c(-c4n[nH]c5ccc(-c6cncc(CN7CCCCC7)c6)cc45)cc23)c1.